The van der Waals surface area contributed by atoms with Gasteiger partial charge in [-0.05, 0) is 13.8 Å². The summed E-state index contributed by atoms with van der Waals surface area (Å²) in [5.41, 5.74) is 0. The van der Waals surface area contributed by atoms with Crippen LogP contribution in [0.1, 0.15) is 34.6 Å². The summed E-state index contributed by atoms with van der Waals surface area (Å²) in [5, 5.41) is 11.8. The highest BCUT2D eigenvalue weighted by atomic mass is 28.3. The molecule has 0 heterocycles. The van der Waals surface area contributed by atoms with Gasteiger partial charge in [-0.2, -0.15) is 0 Å². The quantitative estimate of drug-likeness (QED) is 0.554. The molecule has 2 nitrogen and oxygen atoms in total. The molecule has 0 rings (SSSR count). The van der Waals surface area contributed by atoms with Crippen LogP contribution in [0, 0.1) is 0 Å². The van der Waals surface area contributed by atoms with Crippen LogP contribution in [0.3, 0.4) is 0 Å². The average molecular weight is 288 g/mol. The van der Waals surface area contributed by atoms with Crippen LogP contribution in [0.15, 0.2) is 4.99 Å². The normalized spacial score (nSPS) is 17.7. The van der Waals surface area contributed by atoms with Gasteiger partial charge in [0, 0.05) is 11.9 Å². The fourth-order valence-electron chi connectivity index (χ4n) is 3.31. The summed E-state index contributed by atoms with van der Waals surface area (Å²) in [4.78, 5) is 4.74. The lowest BCUT2D eigenvalue weighted by molar-refractivity contribution is 0.205. The standard InChI is InChI=1S/C14H33NOSi2/c1-9-15-13(17(6,7)8)14(5,16)18(10-2,11-3)12-4/h16H,9-12H2,1-8H3. The molecule has 0 saturated heterocycles. The van der Waals surface area contributed by atoms with Crippen LogP contribution in [0.5, 0.6) is 0 Å². The third-order valence-corrected chi connectivity index (χ3v) is 13.2. The molecule has 0 aromatic heterocycles. The first-order valence-electron chi connectivity index (χ1n) is 7.40. The molecular weight excluding hydrogens is 254 g/mol. The first-order chi connectivity index (χ1) is 8.12. The number of aliphatic imine (C=N–C) groups is 1. The molecule has 0 aromatic rings. The van der Waals surface area contributed by atoms with Crippen molar-refractivity contribution in [1.29, 1.82) is 0 Å². The first-order valence-corrected chi connectivity index (χ1v) is 13.5. The number of rotatable bonds is 7. The number of aliphatic hydroxyl groups is 1. The molecule has 108 valence electrons. The van der Waals surface area contributed by atoms with E-state index in [4.69, 9.17) is 4.99 Å². The van der Waals surface area contributed by atoms with Crippen molar-refractivity contribution in [3.63, 3.8) is 0 Å². The zero-order chi connectivity index (χ0) is 14.6. The van der Waals surface area contributed by atoms with E-state index in [9.17, 15) is 5.11 Å². The summed E-state index contributed by atoms with van der Waals surface area (Å²) in [6.07, 6.45) is 0. The van der Waals surface area contributed by atoms with Gasteiger partial charge in [0.05, 0.1) is 21.4 Å². The summed E-state index contributed by atoms with van der Waals surface area (Å²) in [6, 6.07) is 3.42. The van der Waals surface area contributed by atoms with Crippen molar-refractivity contribution in [3.05, 3.63) is 0 Å². The summed E-state index contributed by atoms with van der Waals surface area (Å²) < 4.78 is 0. The van der Waals surface area contributed by atoms with E-state index in [-0.39, 0.29) is 0 Å². The Kier molecular flexibility index (Phi) is 6.50. The maximum atomic E-state index is 11.3. The predicted molar refractivity (Wildman–Crippen MR) is 89.1 cm³/mol. The zero-order valence-corrected chi connectivity index (χ0v) is 15.7. The van der Waals surface area contributed by atoms with Gasteiger partial charge < -0.3 is 5.11 Å². The van der Waals surface area contributed by atoms with Crippen molar-refractivity contribution in [2.75, 3.05) is 6.54 Å². The number of nitrogens with zero attached hydrogens (tertiary/aromatic N) is 1. The second-order valence-electron chi connectivity index (χ2n) is 6.49. The van der Waals surface area contributed by atoms with Gasteiger partial charge in [-0.15, -0.1) is 0 Å². The summed E-state index contributed by atoms with van der Waals surface area (Å²) >= 11 is 0. The molecule has 0 fully saturated rings. The van der Waals surface area contributed by atoms with Gasteiger partial charge in [-0.1, -0.05) is 58.5 Å². The van der Waals surface area contributed by atoms with E-state index in [0.29, 0.717) is 0 Å². The van der Waals surface area contributed by atoms with Gasteiger partial charge in [-0.25, -0.2) is 0 Å². The molecule has 0 spiro atoms. The lowest BCUT2D eigenvalue weighted by atomic mass is 10.4. The van der Waals surface area contributed by atoms with Crippen molar-refractivity contribution in [1.82, 2.24) is 0 Å². The Balaban J connectivity index is 5.77. The lowest BCUT2D eigenvalue weighted by Gasteiger charge is -2.46. The maximum Gasteiger partial charge on any atom is 0.0987 e. The molecule has 0 aliphatic heterocycles. The Bertz CT molecular complexity index is 280. The molecule has 4 heteroatoms. The zero-order valence-electron chi connectivity index (χ0n) is 13.7. The highest BCUT2D eigenvalue weighted by Gasteiger charge is 2.51. The molecular formula is C14H33NOSi2. The van der Waals surface area contributed by atoms with Crippen LogP contribution in [-0.2, 0) is 0 Å². The molecule has 0 radical (unpaired) electrons. The molecule has 1 unspecified atom stereocenters. The largest absolute Gasteiger partial charge is 0.388 e. The Labute approximate surface area is 116 Å². The smallest absolute Gasteiger partial charge is 0.0987 e. The highest BCUT2D eigenvalue weighted by Crippen LogP contribution is 2.35. The minimum Gasteiger partial charge on any atom is -0.388 e. The van der Waals surface area contributed by atoms with Crippen molar-refractivity contribution >= 4 is 21.5 Å². The molecule has 0 bridgehead atoms. The van der Waals surface area contributed by atoms with Gasteiger partial charge in [0.1, 0.15) is 0 Å². The van der Waals surface area contributed by atoms with Crippen molar-refractivity contribution in [2.24, 2.45) is 4.99 Å². The summed E-state index contributed by atoms with van der Waals surface area (Å²) in [7, 11) is -3.26. The van der Waals surface area contributed by atoms with Crippen molar-refractivity contribution in [2.45, 2.75) is 77.6 Å². The monoisotopic (exact) mass is 287 g/mol. The fraction of sp³-hybridized carbons (Fsp3) is 0.929. The molecule has 0 aromatic carbocycles. The minimum absolute atomic E-state index is 0.633. The molecule has 18 heavy (non-hydrogen) atoms. The van der Waals surface area contributed by atoms with E-state index in [1.807, 2.05) is 0 Å². The third kappa shape index (κ3) is 3.33. The first kappa shape index (κ1) is 18.1. The molecule has 0 aliphatic rings. The van der Waals surface area contributed by atoms with Gasteiger partial charge >= 0.3 is 0 Å². The van der Waals surface area contributed by atoms with Crippen LogP contribution in [-0.4, -0.2) is 38.4 Å². The van der Waals surface area contributed by atoms with Gasteiger partial charge in [-0.3, -0.25) is 4.99 Å². The van der Waals surface area contributed by atoms with Gasteiger partial charge in [0.15, 0.2) is 0 Å². The SMILES string of the molecule is CCN=C(C(C)(O)[Si](CC)(CC)CC)[Si](C)(C)C. The van der Waals surface area contributed by atoms with E-state index in [1.54, 1.807) is 0 Å². The van der Waals surface area contributed by atoms with E-state index < -0.39 is 21.4 Å². The maximum absolute atomic E-state index is 11.3. The molecule has 0 amide bonds. The number of hydrogen-bond donors (Lipinski definition) is 1. The topological polar surface area (TPSA) is 32.6 Å². The van der Waals surface area contributed by atoms with Gasteiger partial charge in [0.2, 0.25) is 0 Å². The summed E-state index contributed by atoms with van der Waals surface area (Å²) in [6.45, 7) is 18.6. The van der Waals surface area contributed by atoms with Crippen LogP contribution < -0.4 is 0 Å². The van der Waals surface area contributed by atoms with E-state index in [0.717, 1.165) is 30.0 Å². The lowest BCUT2D eigenvalue weighted by Crippen LogP contribution is -2.65. The second-order valence-corrected chi connectivity index (χ2v) is 17.1. The van der Waals surface area contributed by atoms with E-state index in [2.05, 4.69) is 54.3 Å². The third-order valence-electron chi connectivity index (χ3n) is 4.55. The minimum atomic E-state index is -1.70. The van der Waals surface area contributed by atoms with E-state index >= 15 is 0 Å². The molecule has 1 atom stereocenters. The van der Waals surface area contributed by atoms with E-state index in [1.165, 1.54) is 0 Å². The Morgan fingerprint density at radius 3 is 1.61 bits per heavy atom. The van der Waals surface area contributed by atoms with Crippen LogP contribution in [0.2, 0.25) is 37.8 Å². The van der Waals surface area contributed by atoms with Crippen LogP contribution >= 0.6 is 0 Å². The molecule has 0 aliphatic carbocycles. The Morgan fingerprint density at radius 2 is 1.39 bits per heavy atom. The second kappa shape index (κ2) is 6.48. The van der Waals surface area contributed by atoms with Crippen molar-refractivity contribution < 1.29 is 5.11 Å². The number of hydrogen-bond acceptors (Lipinski definition) is 2. The molecule has 1 N–H and O–H groups in total. The average Bonchev–Trinajstić information content (AvgIpc) is 2.26. The predicted octanol–water partition coefficient (Wildman–Crippen LogP) is 4.12. The summed E-state index contributed by atoms with van der Waals surface area (Å²) in [5.74, 6) is 0. The Morgan fingerprint density at radius 1 is 1.00 bits per heavy atom. The fourth-order valence-corrected chi connectivity index (χ4v) is 11.5. The molecule has 0 saturated carbocycles. The van der Waals surface area contributed by atoms with Crippen molar-refractivity contribution in [3.8, 4) is 0 Å². The van der Waals surface area contributed by atoms with Gasteiger partial charge in [0.25, 0.3) is 0 Å². The Hall–Kier alpha value is 0.0638. The van der Waals surface area contributed by atoms with Crippen LogP contribution in [0.4, 0.5) is 0 Å². The highest BCUT2D eigenvalue weighted by molar-refractivity contribution is 7.09. The van der Waals surface area contributed by atoms with Crippen LogP contribution in [0.25, 0.3) is 0 Å².